The fourth-order valence-corrected chi connectivity index (χ4v) is 4.12. The summed E-state index contributed by atoms with van der Waals surface area (Å²) in [5.41, 5.74) is -0.169. The molecule has 12 heteroatoms. The number of aromatic hydroxyl groups is 1. The lowest BCUT2D eigenvalue weighted by Gasteiger charge is -2.12. The van der Waals surface area contributed by atoms with Crippen LogP contribution in [0.5, 0.6) is 5.75 Å². The molecule has 27 heavy (non-hydrogen) atoms. The Balaban J connectivity index is 2.29. The van der Waals surface area contributed by atoms with Crippen LogP contribution in [0, 0.1) is 0 Å². The monoisotopic (exact) mass is 429 g/mol. The van der Waals surface area contributed by atoms with E-state index in [2.05, 4.69) is 5.32 Å². The summed E-state index contributed by atoms with van der Waals surface area (Å²) in [7, 11) is -9.40. The number of amides is 1. The molecule has 0 aliphatic rings. The minimum atomic E-state index is -4.71. The van der Waals surface area contributed by atoms with Crippen molar-refractivity contribution in [3.05, 3.63) is 46.7 Å². The minimum Gasteiger partial charge on any atom is -0.507 e. The van der Waals surface area contributed by atoms with Crippen molar-refractivity contribution in [2.75, 3.05) is 5.32 Å². The first-order valence-electron chi connectivity index (χ1n) is 7.07. The average molecular weight is 429 g/mol. The molecule has 0 saturated heterocycles. The Bertz CT molecular complexity index is 1260. The Hall–Kier alpha value is -2.51. The van der Waals surface area contributed by atoms with E-state index in [0.29, 0.717) is 4.88 Å². The molecule has 0 bridgehead atoms. The maximum absolute atomic E-state index is 12.3. The highest BCUT2D eigenvalue weighted by atomic mass is 32.2. The zero-order valence-corrected chi connectivity index (χ0v) is 15.6. The number of carbonyl (C=O) groups is 1. The van der Waals surface area contributed by atoms with Crippen LogP contribution < -0.4 is 5.32 Å². The largest absolute Gasteiger partial charge is 0.507 e. The van der Waals surface area contributed by atoms with Gasteiger partial charge >= 0.3 is 0 Å². The van der Waals surface area contributed by atoms with Crippen molar-refractivity contribution in [3.63, 3.8) is 0 Å². The molecule has 3 rings (SSSR count). The van der Waals surface area contributed by atoms with E-state index >= 15 is 0 Å². The normalized spacial score (nSPS) is 12.2. The third-order valence-corrected chi connectivity index (χ3v) is 6.10. The molecule has 0 atom stereocenters. The number of thiophene rings is 1. The quantitative estimate of drug-likeness (QED) is 0.460. The highest BCUT2D eigenvalue weighted by Crippen LogP contribution is 2.37. The number of hydrogen-bond donors (Lipinski definition) is 4. The topological polar surface area (TPSA) is 158 Å². The van der Waals surface area contributed by atoms with E-state index in [9.17, 15) is 31.3 Å². The second-order valence-corrected chi connectivity index (χ2v) is 9.18. The standard InChI is InChI=1S/C15H11NO8S3/c17-12-7-10(27(22,23)24)5-8-4-9(26(19,20)21)6-11(14(8)12)16-15(18)13-2-1-3-25-13/h1-7,17H,(H,16,18)(H,19,20,21)(H,22,23,24). The summed E-state index contributed by atoms with van der Waals surface area (Å²) in [6.45, 7) is 0. The molecule has 0 saturated carbocycles. The van der Waals surface area contributed by atoms with Crippen LogP contribution in [-0.2, 0) is 20.2 Å². The number of phenolic OH excluding ortho intramolecular Hbond substituents is 1. The zero-order valence-electron chi connectivity index (χ0n) is 13.1. The van der Waals surface area contributed by atoms with Crippen LogP contribution in [0.4, 0.5) is 5.69 Å². The smallest absolute Gasteiger partial charge is 0.294 e. The predicted octanol–water partition coefficient (Wildman–Crippen LogP) is 2.35. The van der Waals surface area contributed by atoms with E-state index < -0.39 is 41.7 Å². The third kappa shape index (κ3) is 3.94. The summed E-state index contributed by atoms with van der Waals surface area (Å²) < 4.78 is 64.2. The molecule has 3 aromatic rings. The van der Waals surface area contributed by atoms with Gasteiger partial charge in [0.1, 0.15) is 5.75 Å². The van der Waals surface area contributed by atoms with Gasteiger partial charge in [-0.3, -0.25) is 13.9 Å². The van der Waals surface area contributed by atoms with Crippen LogP contribution in [0.25, 0.3) is 10.8 Å². The van der Waals surface area contributed by atoms with Gasteiger partial charge < -0.3 is 10.4 Å². The minimum absolute atomic E-state index is 0.0697. The first-order chi connectivity index (χ1) is 12.5. The predicted molar refractivity (Wildman–Crippen MR) is 97.5 cm³/mol. The lowest BCUT2D eigenvalue weighted by atomic mass is 10.1. The van der Waals surface area contributed by atoms with Crippen LogP contribution >= 0.6 is 11.3 Å². The molecule has 0 fully saturated rings. The van der Waals surface area contributed by atoms with Crippen LogP contribution in [0.15, 0.2) is 51.6 Å². The number of hydrogen-bond acceptors (Lipinski definition) is 7. The highest BCUT2D eigenvalue weighted by molar-refractivity contribution is 7.86. The maximum atomic E-state index is 12.3. The molecule has 142 valence electrons. The molecule has 0 aliphatic heterocycles. The maximum Gasteiger partial charge on any atom is 0.294 e. The Labute approximate surface area is 157 Å². The Kier molecular flexibility index (Phi) is 4.69. The van der Waals surface area contributed by atoms with Crippen molar-refractivity contribution >= 4 is 53.9 Å². The first kappa shape index (κ1) is 19.3. The molecular formula is C15H11NO8S3. The zero-order chi connectivity index (χ0) is 20.0. The average Bonchev–Trinajstić information content (AvgIpc) is 3.06. The van der Waals surface area contributed by atoms with Gasteiger partial charge in [-0.05, 0) is 35.0 Å². The van der Waals surface area contributed by atoms with Crippen molar-refractivity contribution in [2.24, 2.45) is 0 Å². The summed E-state index contributed by atoms with van der Waals surface area (Å²) in [6.07, 6.45) is 0. The fraction of sp³-hybridized carbons (Fsp3) is 0. The lowest BCUT2D eigenvalue weighted by molar-refractivity contribution is 0.103. The molecule has 0 spiro atoms. The van der Waals surface area contributed by atoms with Crippen LogP contribution in [0.1, 0.15) is 9.67 Å². The fourth-order valence-electron chi connectivity index (χ4n) is 2.43. The van der Waals surface area contributed by atoms with Gasteiger partial charge in [-0.15, -0.1) is 11.3 Å². The number of rotatable bonds is 4. The summed E-state index contributed by atoms with van der Waals surface area (Å²) in [6, 6.07) is 6.63. The number of phenols is 1. The summed E-state index contributed by atoms with van der Waals surface area (Å²) in [5.74, 6) is -1.22. The second kappa shape index (κ2) is 6.58. The highest BCUT2D eigenvalue weighted by Gasteiger charge is 2.21. The Morgan fingerprint density at radius 2 is 1.56 bits per heavy atom. The first-order valence-corrected chi connectivity index (χ1v) is 10.8. The van der Waals surface area contributed by atoms with Crippen molar-refractivity contribution in [3.8, 4) is 5.75 Å². The number of nitrogens with one attached hydrogen (secondary N) is 1. The van der Waals surface area contributed by atoms with Crippen molar-refractivity contribution in [1.82, 2.24) is 0 Å². The molecule has 1 heterocycles. The van der Waals surface area contributed by atoms with Gasteiger partial charge in [-0.25, -0.2) is 0 Å². The Morgan fingerprint density at radius 1 is 0.963 bits per heavy atom. The molecular weight excluding hydrogens is 418 g/mol. The number of carbonyl (C=O) groups excluding carboxylic acids is 1. The van der Waals surface area contributed by atoms with Crippen molar-refractivity contribution < 1.29 is 35.8 Å². The van der Waals surface area contributed by atoms with Gasteiger partial charge in [0, 0.05) is 11.5 Å². The summed E-state index contributed by atoms with van der Waals surface area (Å²) >= 11 is 1.12. The van der Waals surface area contributed by atoms with Gasteiger partial charge in [0.15, 0.2) is 0 Å². The number of anilines is 1. The van der Waals surface area contributed by atoms with Crippen LogP contribution in [-0.4, -0.2) is 37.0 Å². The number of fused-ring (bicyclic) bond motifs is 1. The summed E-state index contributed by atoms with van der Waals surface area (Å²) in [4.78, 5) is 11.3. The van der Waals surface area contributed by atoms with Gasteiger partial charge in [-0.1, -0.05) is 6.07 Å². The second-order valence-electron chi connectivity index (χ2n) is 5.39. The lowest BCUT2D eigenvalue weighted by Crippen LogP contribution is -2.11. The van der Waals surface area contributed by atoms with E-state index in [-0.39, 0.29) is 16.5 Å². The van der Waals surface area contributed by atoms with E-state index in [1.807, 2.05) is 0 Å². The van der Waals surface area contributed by atoms with Crippen LogP contribution in [0.3, 0.4) is 0 Å². The van der Waals surface area contributed by atoms with E-state index in [0.717, 1.165) is 35.6 Å². The van der Waals surface area contributed by atoms with Crippen molar-refractivity contribution in [2.45, 2.75) is 9.79 Å². The molecule has 1 amide bonds. The van der Waals surface area contributed by atoms with Gasteiger partial charge in [0.05, 0.1) is 20.4 Å². The molecule has 0 unspecified atom stereocenters. The van der Waals surface area contributed by atoms with Gasteiger partial charge in [-0.2, -0.15) is 16.8 Å². The van der Waals surface area contributed by atoms with Crippen molar-refractivity contribution in [1.29, 1.82) is 0 Å². The van der Waals surface area contributed by atoms with Crippen LogP contribution in [0.2, 0.25) is 0 Å². The molecule has 0 radical (unpaired) electrons. The van der Waals surface area contributed by atoms with E-state index in [1.165, 1.54) is 6.07 Å². The SMILES string of the molecule is O=C(Nc1cc(S(=O)(=O)O)cc2cc(S(=O)(=O)O)cc(O)c12)c1cccs1. The number of benzene rings is 2. The Morgan fingerprint density at radius 3 is 2.07 bits per heavy atom. The molecule has 0 aliphatic carbocycles. The molecule has 9 nitrogen and oxygen atoms in total. The van der Waals surface area contributed by atoms with Gasteiger partial charge in [0.2, 0.25) is 0 Å². The molecule has 2 aromatic carbocycles. The van der Waals surface area contributed by atoms with E-state index in [1.54, 1.807) is 11.4 Å². The molecule has 4 N–H and O–H groups in total. The van der Waals surface area contributed by atoms with Gasteiger partial charge in [0.25, 0.3) is 26.1 Å². The third-order valence-electron chi connectivity index (χ3n) is 3.56. The molecule has 1 aromatic heterocycles. The van der Waals surface area contributed by atoms with E-state index in [4.69, 9.17) is 4.55 Å². The summed E-state index contributed by atoms with van der Waals surface area (Å²) in [5, 5.41) is 14.1.